The second-order valence-electron chi connectivity index (χ2n) is 4.92. The molecule has 0 saturated heterocycles. The lowest BCUT2D eigenvalue weighted by atomic mass is 10.1. The first-order valence-corrected chi connectivity index (χ1v) is 6.81. The van der Waals surface area contributed by atoms with Gasteiger partial charge in [-0.2, -0.15) is 0 Å². The van der Waals surface area contributed by atoms with Crippen molar-refractivity contribution in [1.82, 2.24) is 0 Å². The van der Waals surface area contributed by atoms with E-state index in [9.17, 15) is 19.8 Å². The molecule has 0 spiro atoms. The summed E-state index contributed by atoms with van der Waals surface area (Å²) in [6.45, 7) is 0. The fourth-order valence-corrected chi connectivity index (χ4v) is 2.21. The van der Waals surface area contributed by atoms with Gasteiger partial charge in [0.05, 0.1) is 5.56 Å². The van der Waals surface area contributed by atoms with Gasteiger partial charge in [-0.25, -0.2) is 0 Å². The molecule has 0 aliphatic heterocycles. The molecule has 0 unspecified atom stereocenters. The molecule has 0 radical (unpaired) electrons. The van der Waals surface area contributed by atoms with Gasteiger partial charge in [0.2, 0.25) is 5.43 Å². The Morgan fingerprint density at radius 1 is 1.09 bits per heavy atom. The van der Waals surface area contributed by atoms with E-state index in [4.69, 9.17) is 4.42 Å². The summed E-state index contributed by atoms with van der Waals surface area (Å²) in [5.41, 5.74) is 0.212. The summed E-state index contributed by atoms with van der Waals surface area (Å²) in [5.74, 6) is -0.834. The second-order valence-corrected chi connectivity index (χ2v) is 4.92. The molecule has 0 aliphatic rings. The van der Waals surface area contributed by atoms with Crippen LogP contribution in [-0.4, -0.2) is 16.0 Å². The fraction of sp³-hybridized carbons (Fsp3) is 0. The molecule has 3 aromatic rings. The van der Waals surface area contributed by atoms with Gasteiger partial charge in [0.1, 0.15) is 28.7 Å². The highest BCUT2D eigenvalue weighted by Crippen LogP contribution is 2.27. The predicted molar refractivity (Wildman–Crippen MR) is 85.6 cm³/mol. The highest BCUT2D eigenvalue weighted by atomic mass is 16.3. The molecule has 23 heavy (non-hydrogen) atoms. The van der Waals surface area contributed by atoms with E-state index in [1.165, 1.54) is 24.5 Å². The summed E-state index contributed by atoms with van der Waals surface area (Å²) in [4.78, 5) is 24.3. The second kappa shape index (κ2) is 5.81. The lowest BCUT2D eigenvalue weighted by Crippen LogP contribution is -2.05. The molecule has 1 aromatic heterocycles. The van der Waals surface area contributed by atoms with Crippen molar-refractivity contribution >= 4 is 22.8 Å². The third-order valence-corrected chi connectivity index (χ3v) is 3.34. The van der Waals surface area contributed by atoms with Gasteiger partial charge in [-0.15, -0.1) is 0 Å². The Morgan fingerprint density at radius 3 is 2.57 bits per heavy atom. The number of carbonyl (C=O) groups is 1. The molecule has 5 nitrogen and oxygen atoms in total. The van der Waals surface area contributed by atoms with Crippen LogP contribution in [0.2, 0.25) is 0 Å². The van der Waals surface area contributed by atoms with Crippen LogP contribution >= 0.6 is 0 Å². The summed E-state index contributed by atoms with van der Waals surface area (Å²) >= 11 is 0. The Labute approximate surface area is 130 Å². The monoisotopic (exact) mass is 308 g/mol. The predicted octanol–water partition coefficient (Wildman–Crippen LogP) is 3.10. The minimum absolute atomic E-state index is 0.0443. The van der Waals surface area contributed by atoms with Crippen molar-refractivity contribution in [2.45, 2.75) is 0 Å². The highest BCUT2D eigenvalue weighted by Gasteiger charge is 2.11. The smallest absolute Gasteiger partial charge is 0.203 e. The zero-order valence-corrected chi connectivity index (χ0v) is 11.9. The van der Waals surface area contributed by atoms with E-state index in [0.29, 0.717) is 5.56 Å². The topological polar surface area (TPSA) is 87.7 Å². The third-order valence-electron chi connectivity index (χ3n) is 3.34. The van der Waals surface area contributed by atoms with Gasteiger partial charge in [-0.3, -0.25) is 9.59 Å². The van der Waals surface area contributed by atoms with E-state index >= 15 is 0 Å². The van der Waals surface area contributed by atoms with Crippen LogP contribution in [-0.2, 0) is 0 Å². The average molecular weight is 308 g/mol. The van der Waals surface area contributed by atoms with E-state index in [1.54, 1.807) is 30.3 Å². The van der Waals surface area contributed by atoms with E-state index in [2.05, 4.69) is 0 Å². The Morgan fingerprint density at radius 2 is 1.83 bits per heavy atom. The van der Waals surface area contributed by atoms with Crippen molar-refractivity contribution in [2.75, 3.05) is 0 Å². The molecule has 2 N–H and O–H groups in total. The van der Waals surface area contributed by atoms with Gasteiger partial charge < -0.3 is 14.6 Å². The maximum absolute atomic E-state index is 12.3. The zero-order chi connectivity index (χ0) is 16.4. The number of hydrogen-bond acceptors (Lipinski definition) is 5. The number of allylic oxidation sites excluding steroid dienone is 1. The molecule has 0 aliphatic carbocycles. The summed E-state index contributed by atoms with van der Waals surface area (Å²) in [7, 11) is 0. The summed E-state index contributed by atoms with van der Waals surface area (Å²) in [5, 5.41) is 19.2. The lowest BCUT2D eigenvalue weighted by Gasteiger charge is -2.02. The molecule has 2 aromatic carbocycles. The van der Waals surface area contributed by atoms with Crippen molar-refractivity contribution < 1.29 is 19.4 Å². The SMILES string of the molecule is O=C(C=Cc1coc2cc(O)cc(O)c2c1=O)c1ccccc1. The van der Waals surface area contributed by atoms with Crippen LogP contribution in [0.25, 0.3) is 17.0 Å². The van der Waals surface area contributed by atoms with Gasteiger partial charge in [0, 0.05) is 17.7 Å². The molecule has 114 valence electrons. The number of benzene rings is 2. The maximum atomic E-state index is 12.3. The Kier molecular flexibility index (Phi) is 3.68. The van der Waals surface area contributed by atoms with E-state index < -0.39 is 5.43 Å². The van der Waals surface area contributed by atoms with Crippen molar-refractivity contribution in [3.63, 3.8) is 0 Å². The molecule has 1 heterocycles. The quantitative estimate of drug-likeness (QED) is 0.573. The number of aromatic hydroxyl groups is 2. The minimum atomic E-state index is -0.485. The summed E-state index contributed by atoms with van der Waals surface area (Å²) < 4.78 is 5.24. The minimum Gasteiger partial charge on any atom is -0.508 e. The molecule has 0 amide bonds. The normalized spacial score (nSPS) is 11.1. The van der Waals surface area contributed by atoms with Gasteiger partial charge in [-0.1, -0.05) is 30.3 Å². The molecular weight excluding hydrogens is 296 g/mol. The van der Waals surface area contributed by atoms with Gasteiger partial charge in [-0.05, 0) is 12.2 Å². The molecule has 0 bridgehead atoms. The number of phenolic OH excluding ortho intramolecular Hbond substituents is 2. The van der Waals surface area contributed by atoms with Crippen LogP contribution in [0.4, 0.5) is 0 Å². The van der Waals surface area contributed by atoms with Crippen molar-refractivity contribution in [2.24, 2.45) is 0 Å². The number of rotatable bonds is 3. The lowest BCUT2D eigenvalue weighted by molar-refractivity contribution is 0.104. The highest BCUT2D eigenvalue weighted by molar-refractivity contribution is 6.06. The fourth-order valence-electron chi connectivity index (χ4n) is 2.21. The third kappa shape index (κ3) is 2.85. The van der Waals surface area contributed by atoms with E-state index in [1.807, 2.05) is 0 Å². The van der Waals surface area contributed by atoms with Crippen LogP contribution in [0.3, 0.4) is 0 Å². The van der Waals surface area contributed by atoms with Crippen molar-refractivity contribution in [3.8, 4) is 11.5 Å². The van der Waals surface area contributed by atoms with Crippen LogP contribution < -0.4 is 5.43 Å². The van der Waals surface area contributed by atoms with Crippen LogP contribution in [0, 0.1) is 0 Å². The number of phenols is 2. The number of hydrogen-bond donors (Lipinski definition) is 2. The van der Waals surface area contributed by atoms with E-state index in [-0.39, 0.29) is 33.8 Å². The van der Waals surface area contributed by atoms with Crippen molar-refractivity contribution in [1.29, 1.82) is 0 Å². The Bertz CT molecular complexity index is 968. The van der Waals surface area contributed by atoms with Crippen LogP contribution in [0.1, 0.15) is 15.9 Å². The number of ketones is 1. The van der Waals surface area contributed by atoms with Gasteiger partial charge in [0.15, 0.2) is 5.78 Å². The molecule has 0 fully saturated rings. The van der Waals surface area contributed by atoms with Gasteiger partial charge >= 0.3 is 0 Å². The molecule has 0 saturated carbocycles. The first-order valence-electron chi connectivity index (χ1n) is 6.81. The molecular formula is C18H12O5. The number of fused-ring (bicyclic) bond motifs is 1. The number of carbonyl (C=O) groups excluding carboxylic acids is 1. The largest absolute Gasteiger partial charge is 0.508 e. The van der Waals surface area contributed by atoms with Crippen LogP contribution in [0.5, 0.6) is 11.5 Å². The first-order chi connectivity index (χ1) is 11.1. The summed E-state index contributed by atoms with van der Waals surface area (Å²) in [6, 6.07) is 10.9. The van der Waals surface area contributed by atoms with Crippen LogP contribution in [0.15, 0.2) is 64.0 Å². The standard InChI is InChI=1S/C18H12O5/c19-13-8-15(21)17-16(9-13)23-10-12(18(17)22)6-7-14(20)11-4-2-1-3-5-11/h1-10,19,21H. The van der Waals surface area contributed by atoms with E-state index in [0.717, 1.165) is 6.07 Å². The molecule has 5 heteroatoms. The molecule has 0 atom stereocenters. The average Bonchev–Trinajstić information content (AvgIpc) is 2.54. The summed E-state index contributed by atoms with van der Waals surface area (Å²) in [6.07, 6.45) is 3.79. The zero-order valence-electron chi connectivity index (χ0n) is 11.9. The Hall–Kier alpha value is -3.34. The maximum Gasteiger partial charge on any atom is 0.203 e. The molecule has 3 rings (SSSR count). The van der Waals surface area contributed by atoms with Gasteiger partial charge in [0.25, 0.3) is 0 Å². The van der Waals surface area contributed by atoms with Crippen molar-refractivity contribution in [3.05, 3.63) is 76.2 Å². The first kappa shape index (κ1) is 14.6. The Balaban J connectivity index is 2.01.